The number of nitriles is 1. The summed E-state index contributed by atoms with van der Waals surface area (Å²) >= 11 is 0. The van der Waals surface area contributed by atoms with Crippen LogP contribution in [0.4, 0.5) is 5.69 Å². The molecule has 1 aliphatic heterocycles. The van der Waals surface area contributed by atoms with Crippen molar-refractivity contribution in [3.05, 3.63) is 108 Å². The Hall–Kier alpha value is -3.93. The number of sulfone groups is 1. The van der Waals surface area contributed by atoms with Crippen molar-refractivity contribution >= 4 is 15.5 Å². The van der Waals surface area contributed by atoms with Crippen LogP contribution in [-0.4, -0.2) is 30.6 Å². The second-order valence-corrected chi connectivity index (χ2v) is 11.0. The Morgan fingerprint density at radius 3 is 2.50 bits per heavy atom. The first kappa shape index (κ1) is 23.8. The van der Waals surface area contributed by atoms with E-state index in [-0.39, 0.29) is 10.9 Å². The summed E-state index contributed by atoms with van der Waals surface area (Å²) in [6.45, 7) is 2.15. The van der Waals surface area contributed by atoms with Crippen LogP contribution in [0.5, 0.6) is 0 Å². The van der Waals surface area contributed by atoms with Gasteiger partial charge in [0.15, 0.2) is 0 Å². The third kappa shape index (κ3) is 4.89. The summed E-state index contributed by atoms with van der Waals surface area (Å²) in [7, 11) is -1.54. The first-order valence-corrected chi connectivity index (χ1v) is 13.3. The average Bonchev–Trinajstić information content (AvgIpc) is 3.31. The molecular weight excluding hydrogens is 470 g/mol. The maximum atomic E-state index is 12.9. The molecule has 36 heavy (non-hydrogen) atoms. The van der Waals surface area contributed by atoms with Crippen molar-refractivity contribution in [2.24, 2.45) is 7.05 Å². The molecule has 1 aromatic heterocycles. The van der Waals surface area contributed by atoms with Crippen LogP contribution in [0, 0.1) is 11.3 Å². The Kier molecular flexibility index (Phi) is 6.59. The molecule has 0 fully saturated rings. The van der Waals surface area contributed by atoms with Gasteiger partial charge in [0, 0.05) is 38.1 Å². The van der Waals surface area contributed by atoms with Gasteiger partial charge in [-0.05, 0) is 60.0 Å². The molecule has 1 aliphatic rings. The number of fused-ring (bicyclic) bond motifs is 1. The number of aromatic nitrogens is 2. The first-order valence-electron chi connectivity index (χ1n) is 11.8. The third-order valence-corrected chi connectivity index (χ3v) is 8.39. The Morgan fingerprint density at radius 1 is 1.06 bits per heavy atom. The lowest BCUT2D eigenvalue weighted by Gasteiger charge is -2.36. The SMILES string of the molecule is Cn1cncc1CN1CC(NCc2ccc(S(=O)(=O)c3ccccc3)cc2)Cc2cc(C#N)ccc21. The lowest BCUT2D eigenvalue weighted by molar-refractivity contribution is 0.478. The topological polar surface area (TPSA) is 91.0 Å². The molecule has 1 atom stereocenters. The molecule has 0 saturated carbocycles. The second-order valence-electron chi connectivity index (χ2n) is 9.07. The van der Waals surface area contributed by atoms with Gasteiger partial charge in [-0.3, -0.25) is 0 Å². The minimum Gasteiger partial charge on any atom is -0.364 e. The lowest BCUT2D eigenvalue weighted by Crippen LogP contribution is -2.46. The maximum Gasteiger partial charge on any atom is 0.206 e. The molecule has 2 heterocycles. The number of nitrogens with zero attached hydrogens (tertiary/aromatic N) is 4. The summed E-state index contributed by atoms with van der Waals surface area (Å²) in [6, 6.07) is 23.8. The number of hydrogen-bond donors (Lipinski definition) is 1. The highest BCUT2D eigenvalue weighted by atomic mass is 32.2. The molecule has 0 bridgehead atoms. The smallest absolute Gasteiger partial charge is 0.206 e. The standard InChI is InChI=1S/C28H27N5O2S/c1-32-20-30-17-25(32)19-33-18-24(14-23-13-22(15-29)9-12-28(23)33)31-16-21-7-10-27(11-8-21)36(34,35)26-5-3-2-4-6-26/h2-13,17,20,24,31H,14,16,18-19H2,1H3. The van der Waals surface area contributed by atoms with Gasteiger partial charge in [-0.15, -0.1) is 0 Å². The van der Waals surface area contributed by atoms with E-state index in [1.807, 2.05) is 48.1 Å². The number of aryl methyl sites for hydroxylation is 1. The summed E-state index contributed by atoms with van der Waals surface area (Å²) in [6.07, 6.45) is 4.50. The number of imidazole rings is 1. The first-order chi connectivity index (χ1) is 17.4. The molecule has 0 radical (unpaired) electrons. The van der Waals surface area contributed by atoms with Gasteiger partial charge < -0.3 is 14.8 Å². The molecule has 3 aromatic carbocycles. The van der Waals surface area contributed by atoms with Crippen molar-refractivity contribution < 1.29 is 8.42 Å². The number of anilines is 1. The Labute approximate surface area is 211 Å². The zero-order chi connectivity index (χ0) is 25.1. The van der Waals surface area contributed by atoms with Crippen LogP contribution in [0.1, 0.15) is 22.4 Å². The van der Waals surface area contributed by atoms with Gasteiger partial charge in [-0.25, -0.2) is 13.4 Å². The van der Waals surface area contributed by atoms with Crippen LogP contribution >= 0.6 is 0 Å². The highest BCUT2D eigenvalue weighted by molar-refractivity contribution is 7.91. The largest absolute Gasteiger partial charge is 0.364 e. The summed E-state index contributed by atoms with van der Waals surface area (Å²) in [4.78, 5) is 7.15. The molecule has 5 rings (SSSR count). The highest BCUT2D eigenvalue weighted by Crippen LogP contribution is 2.30. The molecular formula is C28H27N5O2S. The van der Waals surface area contributed by atoms with Gasteiger partial charge in [-0.2, -0.15) is 5.26 Å². The quantitative estimate of drug-likeness (QED) is 0.417. The zero-order valence-corrected chi connectivity index (χ0v) is 20.8. The van der Waals surface area contributed by atoms with Crippen LogP contribution in [0.3, 0.4) is 0 Å². The van der Waals surface area contributed by atoms with Gasteiger partial charge in [0.2, 0.25) is 9.84 Å². The lowest BCUT2D eigenvalue weighted by atomic mass is 9.95. The fourth-order valence-electron chi connectivity index (χ4n) is 4.62. The fourth-order valence-corrected chi connectivity index (χ4v) is 5.91. The fraction of sp³-hybridized carbons (Fsp3) is 0.214. The van der Waals surface area contributed by atoms with Gasteiger partial charge in [0.05, 0.1) is 40.0 Å². The van der Waals surface area contributed by atoms with Crippen LogP contribution < -0.4 is 10.2 Å². The third-order valence-electron chi connectivity index (χ3n) is 6.61. The summed E-state index contributed by atoms with van der Waals surface area (Å²) < 4.78 is 27.7. The molecule has 1 N–H and O–H groups in total. The van der Waals surface area contributed by atoms with Crippen LogP contribution in [-0.2, 0) is 36.4 Å². The van der Waals surface area contributed by atoms with Gasteiger partial charge in [0.25, 0.3) is 0 Å². The van der Waals surface area contributed by atoms with E-state index < -0.39 is 9.84 Å². The van der Waals surface area contributed by atoms with Gasteiger partial charge in [0.1, 0.15) is 0 Å². The van der Waals surface area contributed by atoms with E-state index in [4.69, 9.17) is 0 Å². The van der Waals surface area contributed by atoms with Crippen molar-refractivity contribution in [2.45, 2.75) is 35.3 Å². The second kappa shape index (κ2) is 9.97. The maximum absolute atomic E-state index is 12.9. The van der Waals surface area contributed by atoms with E-state index in [0.29, 0.717) is 17.0 Å². The van der Waals surface area contributed by atoms with Crippen molar-refractivity contribution in [1.29, 1.82) is 5.26 Å². The number of hydrogen-bond acceptors (Lipinski definition) is 6. The predicted molar refractivity (Wildman–Crippen MR) is 138 cm³/mol. The number of nitrogens with one attached hydrogen (secondary N) is 1. The molecule has 182 valence electrons. The zero-order valence-electron chi connectivity index (χ0n) is 20.0. The summed E-state index contributed by atoms with van der Waals surface area (Å²) in [5, 5.41) is 13.0. The predicted octanol–water partition coefficient (Wildman–Crippen LogP) is 3.85. The van der Waals surface area contributed by atoms with Crippen molar-refractivity contribution in [3.8, 4) is 6.07 Å². The van der Waals surface area contributed by atoms with Crippen molar-refractivity contribution in [1.82, 2.24) is 14.9 Å². The molecule has 8 heteroatoms. The molecule has 0 amide bonds. The monoisotopic (exact) mass is 497 g/mol. The minimum atomic E-state index is -3.53. The molecule has 0 spiro atoms. The summed E-state index contributed by atoms with van der Waals surface area (Å²) in [5.74, 6) is 0. The molecule has 0 aliphatic carbocycles. The molecule has 7 nitrogen and oxygen atoms in total. The van der Waals surface area contributed by atoms with E-state index in [2.05, 4.69) is 21.3 Å². The molecule has 0 saturated heterocycles. The van der Waals surface area contributed by atoms with E-state index in [9.17, 15) is 13.7 Å². The van der Waals surface area contributed by atoms with E-state index in [1.54, 1.807) is 48.8 Å². The van der Waals surface area contributed by atoms with Crippen LogP contribution in [0.25, 0.3) is 0 Å². The highest BCUT2D eigenvalue weighted by Gasteiger charge is 2.25. The molecule has 1 unspecified atom stereocenters. The van der Waals surface area contributed by atoms with Crippen molar-refractivity contribution in [2.75, 3.05) is 11.4 Å². The van der Waals surface area contributed by atoms with E-state index >= 15 is 0 Å². The Balaban J connectivity index is 1.31. The minimum absolute atomic E-state index is 0.174. The summed E-state index contributed by atoms with van der Waals surface area (Å²) in [5.41, 5.74) is 5.07. The number of rotatable bonds is 7. The van der Waals surface area contributed by atoms with Crippen LogP contribution in [0.15, 0.2) is 95.1 Å². The number of benzene rings is 3. The van der Waals surface area contributed by atoms with Crippen LogP contribution in [0.2, 0.25) is 0 Å². The van der Waals surface area contributed by atoms with Gasteiger partial charge in [-0.1, -0.05) is 30.3 Å². The van der Waals surface area contributed by atoms with E-state index in [0.717, 1.165) is 42.0 Å². The molecule has 4 aromatic rings. The average molecular weight is 498 g/mol. The van der Waals surface area contributed by atoms with Gasteiger partial charge >= 0.3 is 0 Å². The Morgan fingerprint density at radius 2 is 1.81 bits per heavy atom. The van der Waals surface area contributed by atoms with Crippen molar-refractivity contribution in [3.63, 3.8) is 0 Å². The van der Waals surface area contributed by atoms with E-state index in [1.165, 1.54) is 0 Å². The Bertz CT molecular complexity index is 1510. The normalized spacial score (nSPS) is 15.3.